The molecular formula is C22H38O5S. The van der Waals surface area contributed by atoms with E-state index in [1.807, 2.05) is 17.8 Å². The summed E-state index contributed by atoms with van der Waals surface area (Å²) in [6, 6.07) is 0. The number of hydrogen-bond donors (Lipinski definition) is 3. The highest BCUT2D eigenvalue weighted by atomic mass is 32.2. The van der Waals surface area contributed by atoms with Gasteiger partial charge in [0, 0.05) is 22.8 Å². The minimum atomic E-state index is -0.395. The quantitative estimate of drug-likeness (QED) is 0.243. The van der Waals surface area contributed by atoms with E-state index >= 15 is 0 Å². The van der Waals surface area contributed by atoms with Crippen molar-refractivity contribution in [2.45, 2.75) is 93.8 Å². The Labute approximate surface area is 173 Å². The predicted octanol–water partition coefficient (Wildman–Crippen LogP) is 3.45. The smallest absolute Gasteiger partial charge is 0.305 e. The van der Waals surface area contributed by atoms with Gasteiger partial charge in [0.1, 0.15) is 6.61 Å². The van der Waals surface area contributed by atoms with E-state index in [0.717, 1.165) is 57.8 Å². The lowest BCUT2D eigenvalue weighted by Crippen LogP contribution is -2.19. The Morgan fingerprint density at radius 3 is 2.82 bits per heavy atom. The number of thioether (sulfide) groups is 1. The van der Waals surface area contributed by atoms with Crippen molar-refractivity contribution >= 4 is 17.7 Å². The van der Waals surface area contributed by atoms with E-state index in [1.54, 1.807) is 0 Å². The lowest BCUT2D eigenvalue weighted by atomic mass is 9.89. The van der Waals surface area contributed by atoms with Crippen molar-refractivity contribution in [3.63, 3.8) is 0 Å². The molecule has 162 valence electrons. The normalized spacial score (nSPS) is 30.6. The van der Waals surface area contributed by atoms with Crippen molar-refractivity contribution in [1.29, 1.82) is 0 Å². The van der Waals surface area contributed by atoms with Gasteiger partial charge in [0.2, 0.25) is 0 Å². The maximum absolute atomic E-state index is 11.5. The summed E-state index contributed by atoms with van der Waals surface area (Å²) in [6.45, 7) is 2.13. The second-order valence-electron chi connectivity index (χ2n) is 8.21. The molecule has 0 aromatic rings. The number of ether oxygens (including phenoxy) is 1. The molecule has 1 aliphatic carbocycles. The molecule has 6 heteroatoms. The van der Waals surface area contributed by atoms with Crippen LogP contribution in [0.2, 0.25) is 0 Å². The SMILES string of the molecule is CCCCC[C@H](O)/C=C/[C@@H]1[C@H]2CC(CCCCC(=O)OCCO)S[C@H]2C[C@H]1O. The average molecular weight is 415 g/mol. The maximum Gasteiger partial charge on any atom is 0.305 e. The number of esters is 1. The summed E-state index contributed by atoms with van der Waals surface area (Å²) >= 11 is 2.01. The van der Waals surface area contributed by atoms with Crippen molar-refractivity contribution in [3.05, 3.63) is 12.2 Å². The van der Waals surface area contributed by atoms with E-state index in [-0.39, 0.29) is 31.2 Å². The third-order valence-electron chi connectivity index (χ3n) is 5.96. The molecule has 3 N–H and O–H groups in total. The summed E-state index contributed by atoms with van der Waals surface area (Å²) < 4.78 is 4.88. The third kappa shape index (κ3) is 7.69. The van der Waals surface area contributed by atoms with Gasteiger partial charge in [0.15, 0.2) is 0 Å². The summed E-state index contributed by atoms with van der Waals surface area (Å²) in [4.78, 5) is 11.5. The molecule has 2 rings (SSSR count). The molecule has 2 fully saturated rings. The number of fused-ring (bicyclic) bond motifs is 1. The summed E-state index contributed by atoms with van der Waals surface area (Å²) in [5.41, 5.74) is 0. The van der Waals surface area contributed by atoms with E-state index in [1.165, 1.54) is 0 Å². The lowest BCUT2D eigenvalue weighted by molar-refractivity contribution is -0.144. The van der Waals surface area contributed by atoms with Gasteiger partial charge >= 0.3 is 5.97 Å². The standard InChI is InChI=1S/C22H38O5S/c1-2-3-4-7-16(24)10-11-18-19-14-17(28-21(19)15-20(18)25)8-5-6-9-22(26)27-13-12-23/h10-11,16-21,23-25H,2-9,12-15H2,1H3/b11-10+/t16-,17?,18+,19+,20+,21-/m0/s1. The van der Waals surface area contributed by atoms with Crippen LogP contribution in [-0.4, -0.2) is 57.2 Å². The summed E-state index contributed by atoms with van der Waals surface area (Å²) in [5, 5.41) is 30.3. The Hall–Kier alpha value is -0.560. The zero-order valence-corrected chi connectivity index (χ0v) is 18.0. The van der Waals surface area contributed by atoms with Gasteiger partial charge in [-0.15, -0.1) is 0 Å². The van der Waals surface area contributed by atoms with Crippen molar-refractivity contribution < 1.29 is 24.9 Å². The highest BCUT2D eigenvalue weighted by Gasteiger charge is 2.47. The number of carbonyl (C=O) groups excluding carboxylic acids is 1. The topological polar surface area (TPSA) is 87.0 Å². The number of hydrogen-bond acceptors (Lipinski definition) is 6. The number of aliphatic hydroxyl groups is 3. The first-order chi connectivity index (χ1) is 13.5. The third-order valence-corrected chi connectivity index (χ3v) is 7.67. The van der Waals surface area contributed by atoms with Gasteiger partial charge in [0.05, 0.1) is 18.8 Å². The highest BCUT2D eigenvalue weighted by molar-refractivity contribution is 8.00. The molecule has 0 bridgehead atoms. The number of unbranched alkanes of at least 4 members (excludes halogenated alkanes) is 3. The molecular weight excluding hydrogens is 376 g/mol. The van der Waals surface area contributed by atoms with Crippen LogP contribution in [0.4, 0.5) is 0 Å². The molecule has 6 atom stereocenters. The Morgan fingerprint density at radius 2 is 2.07 bits per heavy atom. The predicted molar refractivity (Wildman–Crippen MR) is 113 cm³/mol. The van der Waals surface area contributed by atoms with E-state index in [2.05, 4.69) is 13.0 Å². The monoisotopic (exact) mass is 414 g/mol. The average Bonchev–Trinajstić information content (AvgIpc) is 3.18. The van der Waals surface area contributed by atoms with Gasteiger partial charge in [-0.2, -0.15) is 11.8 Å². The van der Waals surface area contributed by atoms with Crippen LogP contribution in [0.3, 0.4) is 0 Å². The van der Waals surface area contributed by atoms with Crippen LogP contribution >= 0.6 is 11.8 Å². The van der Waals surface area contributed by atoms with E-state index in [4.69, 9.17) is 9.84 Å². The number of rotatable bonds is 13. The fourth-order valence-corrected chi connectivity index (χ4v) is 6.39. The fourth-order valence-electron chi connectivity index (χ4n) is 4.46. The molecule has 1 heterocycles. The van der Waals surface area contributed by atoms with E-state index < -0.39 is 6.10 Å². The molecule has 1 saturated carbocycles. The van der Waals surface area contributed by atoms with Crippen molar-refractivity contribution in [1.82, 2.24) is 0 Å². The van der Waals surface area contributed by atoms with Crippen LogP contribution in [-0.2, 0) is 9.53 Å². The van der Waals surface area contributed by atoms with Gasteiger partial charge in [0.25, 0.3) is 0 Å². The Morgan fingerprint density at radius 1 is 1.25 bits per heavy atom. The van der Waals surface area contributed by atoms with Crippen molar-refractivity contribution in [2.24, 2.45) is 11.8 Å². The van der Waals surface area contributed by atoms with Gasteiger partial charge < -0.3 is 20.1 Å². The number of carbonyl (C=O) groups is 1. The van der Waals surface area contributed by atoms with Crippen LogP contribution < -0.4 is 0 Å². The van der Waals surface area contributed by atoms with Crippen LogP contribution in [0.5, 0.6) is 0 Å². The molecule has 0 aromatic heterocycles. The lowest BCUT2D eigenvalue weighted by Gasteiger charge is -2.18. The highest BCUT2D eigenvalue weighted by Crippen LogP contribution is 2.52. The molecule has 0 aromatic carbocycles. The van der Waals surface area contributed by atoms with E-state index in [9.17, 15) is 15.0 Å². The van der Waals surface area contributed by atoms with Crippen molar-refractivity contribution in [2.75, 3.05) is 13.2 Å². The van der Waals surface area contributed by atoms with Crippen molar-refractivity contribution in [3.8, 4) is 0 Å². The second kappa shape index (κ2) is 12.9. The summed E-state index contributed by atoms with van der Waals surface area (Å²) in [5.74, 6) is 0.436. The Balaban J connectivity index is 1.69. The van der Waals surface area contributed by atoms with Crippen LogP contribution in [0.1, 0.15) is 71.1 Å². The minimum Gasteiger partial charge on any atom is -0.463 e. The molecule has 5 nitrogen and oxygen atoms in total. The second-order valence-corrected chi connectivity index (χ2v) is 9.76. The van der Waals surface area contributed by atoms with Crippen LogP contribution in [0.25, 0.3) is 0 Å². The summed E-state index contributed by atoms with van der Waals surface area (Å²) in [6.07, 6.45) is 12.8. The molecule has 0 radical (unpaired) electrons. The van der Waals surface area contributed by atoms with Gasteiger partial charge in [-0.05, 0) is 38.0 Å². The summed E-state index contributed by atoms with van der Waals surface area (Å²) in [7, 11) is 0. The molecule has 1 unspecified atom stereocenters. The minimum absolute atomic E-state index is 0.0885. The van der Waals surface area contributed by atoms with Crippen LogP contribution in [0.15, 0.2) is 12.2 Å². The Kier molecular flexibility index (Phi) is 10.9. The van der Waals surface area contributed by atoms with Crippen LogP contribution in [0, 0.1) is 11.8 Å². The first kappa shape index (κ1) is 23.7. The zero-order valence-electron chi connectivity index (χ0n) is 17.2. The molecule has 2 aliphatic rings. The molecule has 0 spiro atoms. The maximum atomic E-state index is 11.5. The van der Waals surface area contributed by atoms with E-state index in [0.29, 0.717) is 22.8 Å². The molecule has 1 aliphatic heterocycles. The van der Waals surface area contributed by atoms with Gasteiger partial charge in [-0.25, -0.2) is 0 Å². The largest absolute Gasteiger partial charge is 0.463 e. The first-order valence-electron chi connectivity index (χ1n) is 11.0. The van der Waals surface area contributed by atoms with Gasteiger partial charge in [-0.1, -0.05) is 44.8 Å². The molecule has 0 amide bonds. The Bertz CT molecular complexity index is 484. The van der Waals surface area contributed by atoms with Gasteiger partial charge in [-0.3, -0.25) is 4.79 Å². The molecule has 1 saturated heterocycles. The fraction of sp³-hybridized carbons (Fsp3) is 0.864. The first-order valence-corrected chi connectivity index (χ1v) is 12.0. The molecule has 28 heavy (non-hydrogen) atoms. The number of aliphatic hydroxyl groups excluding tert-OH is 3. The zero-order chi connectivity index (χ0) is 20.4.